The highest BCUT2D eigenvalue weighted by Crippen LogP contribution is 2.19. The van der Waals surface area contributed by atoms with Crippen molar-refractivity contribution in [3.8, 4) is 5.75 Å². The summed E-state index contributed by atoms with van der Waals surface area (Å²) in [6, 6.07) is 25.8. The third-order valence-electron chi connectivity index (χ3n) is 6.32. The van der Waals surface area contributed by atoms with E-state index in [4.69, 9.17) is 4.74 Å². The molecule has 0 radical (unpaired) electrons. The van der Waals surface area contributed by atoms with Crippen molar-refractivity contribution in [1.29, 1.82) is 0 Å². The number of nitrogens with one attached hydrogen (secondary N) is 2. The van der Waals surface area contributed by atoms with Gasteiger partial charge in [-0.15, -0.1) is 0 Å². The molecule has 2 N–H and O–H groups in total. The second-order valence-corrected chi connectivity index (χ2v) is 8.76. The van der Waals surface area contributed by atoms with E-state index in [1.165, 1.54) is 11.3 Å². The van der Waals surface area contributed by atoms with Gasteiger partial charge >= 0.3 is 0 Å². The number of benzene rings is 3. The number of hydrogen-bond donors (Lipinski definition) is 2. The minimum absolute atomic E-state index is 0.0943. The van der Waals surface area contributed by atoms with Crippen LogP contribution >= 0.6 is 0 Å². The second kappa shape index (κ2) is 12.7. The minimum atomic E-state index is -0.329. The molecule has 4 rings (SSSR count). The number of anilines is 1. The van der Waals surface area contributed by atoms with Crippen LogP contribution in [-0.2, 0) is 17.9 Å². The zero-order valence-corrected chi connectivity index (χ0v) is 20.8. The smallest absolute Gasteiger partial charge is 0.255 e. The van der Waals surface area contributed by atoms with Crippen molar-refractivity contribution < 1.29 is 14.3 Å². The Labute approximate surface area is 213 Å². The molecule has 1 aliphatic rings. The largest absolute Gasteiger partial charge is 0.493 e. The summed E-state index contributed by atoms with van der Waals surface area (Å²) >= 11 is 0. The van der Waals surface area contributed by atoms with Crippen molar-refractivity contribution in [1.82, 2.24) is 15.5 Å². The Bertz CT molecular complexity index is 1140. The zero-order valence-electron chi connectivity index (χ0n) is 20.8. The van der Waals surface area contributed by atoms with Gasteiger partial charge in [-0.1, -0.05) is 54.6 Å². The summed E-state index contributed by atoms with van der Waals surface area (Å²) < 4.78 is 5.51. The van der Waals surface area contributed by atoms with Crippen LogP contribution in [0.25, 0.3) is 0 Å². The molecule has 0 bridgehead atoms. The van der Waals surface area contributed by atoms with Crippen LogP contribution in [0.15, 0.2) is 78.9 Å². The Morgan fingerprint density at radius 2 is 1.47 bits per heavy atom. The van der Waals surface area contributed by atoms with Crippen LogP contribution < -0.4 is 20.3 Å². The van der Waals surface area contributed by atoms with E-state index in [-0.39, 0.29) is 18.4 Å². The first kappa shape index (κ1) is 25.3. The van der Waals surface area contributed by atoms with E-state index in [1.54, 1.807) is 18.2 Å². The Morgan fingerprint density at radius 1 is 0.806 bits per heavy atom. The number of amides is 2. The average molecular weight is 487 g/mol. The molecule has 7 nitrogen and oxygen atoms in total. The van der Waals surface area contributed by atoms with Crippen LogP contribution in [0.2, 0.25) is 0 Å². The van der Waals surface area contributed by atoms with Gasteiger partial charge in [-0.25, -0.2) is 0 Å². The first-order valence-electron chi connectivity index (χ1n) is 12.5. The minimum Gasteiger partial charge on any atom is -0.493 e. The number of para-hydroxylation sites is 2. The van der Waals surface area contributed by atoms with Crippen LogP contribution in [0.1, 0.15) is 28.4 Å². The summed E-state index contributed by atoms with van der Waals surface area (Å²) in [5.41, 5.74) is 3.99. The number of piperazine rings is 1. The van der Waals surface area contributed by atoms with Crippen LogP contribution in [0.4, 0.5) is 5.69 Å². The summed E-state index contributed by atoms with van der Waals surface area (Å²) in [6.07, 6.45) is 0. The summed E-state index contributed by atoms with van der Waals surface area (Å²) in [7, 11) is 0. The highest BCUT2D eigenvalue weighted by atomic mass is 16.5. The molecule has 1 fully saturated rings. The van der Waals surface area contributed by atoms with Gasteiger partial charge in [0.25, 0.3) is 5.91 Å². The molecule has 3 aromatic carbocycles. The van der Waals surface area contributed by atoms with Crippen LogP contribution in [0.5, 0.6) is 5.75 Å². The summed E-state index contributed by atoms with van der Waals surface area (Å²) in [6.45, 7) is 7.48. The van der Waals surface area contributed by atoms with Crippen molar-refractivity contribution in [2.24, 2.45) is 0 Å². The molecule has 1 saturated heterocycles. The molecule has 2 amide bonds. The predicted molar refractivity (Wildman–Crippen MR) is 142 cm³/mol. The van der Waals surface area contributed by atoms with E-state index < -0.39 is 0 Å². The summed E-state index contributed by atoms with van der Waals surface area (Å²) in [4.78, 5) is 29.9. The maximum Gasteiger partial charge on any atom is 0.255 e. The molecule has 36 heavy (non-hydrogen) atoms. The molecule has 1 heterocycles. The zero-order chi connectivity index (χ0) is 25.2. The van der Waals surface area contributed by atoms with Gasteiger partial charge in [0.15, 0.2) is 0 Å². The monoisotopic (exact) mass is 486 g/mol. The lowest BCUT2D eigenvalue weighted by Gasteiger charge is -2.36. The van der Waals surface area contributed by atoms with Crippen molar-refractivity contribution in [3.05, 3.63) is 95.6 Å². The maximum atomic E-state index is 12.5. The van der Waals surface area contributed by atoms with Gasteiger partial charge in [0, 0.05) is 45.0 Å². The topological polar surface area (TPSA) is 73.9 Å². The van der Waals surface area contributed by atoms with E-state index in [9.17, 15) is 9.59 Å². The third-order valence-corrected chi connectivity index (χ3v) is 6.32. The maximum absolute atomic E-state index is 12.5. The quantitative estimate of drug-likeness (QED) is 0.459. The lowest BCUT2D eigenvalue weighted by molar-refractivity contribution is -0.120. The fourth-order valence-corrected chi connectivity index (χ4v) is 4.38. The molecule has 0 unspecified atom stereocenters. The molecular formula is C29H34N4O3. The van der Waals surface area contributed by atoms with Crippen molar-refractivity contribution in [3.63, 3.8) is 0 Å². The normalized spacial score (nSPS) is 13.8. The van der Waals surface area contributed by atoms with E-state index >= 15 is 0 Å². The Hall–Kier alpha value is -3.84. The van der Waals surface area contributed by atoms with E-state index in [0.717, 1.165) is 38.3 Å². The number of carbonyl (C=O) groups is 2. The molecule has 0 atom stereocenters. The van der Waals surface area contributed by atoms with Crippen molar-refractivity contribution in [2.45, 2.75) is 20.0 Å². The standard InChI is InChI=1S/C29H34N4O3/c1-2-36-27-15-9-8-14-26(27)29(35)31-21-28(34)30-20-23-10-6-7-11-24(23)22-32-16-18-33(19-17-32)25-12-4-3-5-13-25/h3-15H,2,16-22H2,1H3,(H,30,34)(H,31,35). The summed E-state index contributed by atoms with van der Waals surface area (Å²) in [5.74, 6) is -0.0517. The molecule has 7 heteroatoms. The molecule has 1 aliphatic heterocycles. The van der Waals surface area contributed by atoms with Gasteiger partial charge in [0.05, 0.1) is 18.7 Å². The Morgan fingerprint density at radius 3 is 2.22 bits per heavy atom. The molecule has 188 valence electrons. The van der Waals surface area contributed by atoms with Crippen LogP contribution in [0, 0.1) is 0 Å². The van der Waals surface area contributed by atoms with Gasteiger partial charge < -0.3 is 20.3 Å². The second-order valence-electron chi connectivity index (χ2n) is 8.76. The van der Waals surface area contributed by atoms with E-state index in [1.807, 2.05) is 37.3 Å². The van der Waals surface area contributed by atoms with Crippen molar-refractivity contribution in [2.75, 3.05) is 44.2 Å². The molecule has 0 spiro atoms. The SMILES string of the molecule is CCOc1ccccc1C(=O)NCC(=O)NCc1ccccc1CN1CCN(c2ccccc2)CC1. The molecule has 0 aliphatic carbocycles. The fraction of sp³-hybridized carbons (Fsp3) is 0.310. The molecule has 0 saturated carbocycles. The molecule has 3 aromatic rings. The Kier molecular flexibility index (Phi) is 8.94. The van der Waals surface area contributed by atoms with Gasteiger partial charge in [0.1, 0.15) is 5.75 Å². The number of hydrogen-bond acceptors (Lipinski definition) is 5. The number of ether oxygens (including phenoxy) is 1. The van der Waals surface area contributed by atoms with Crippen LogP contribution in [-0.4, -0.2) is 56.0 Å². The lowest BCUT2D eigenvalue weighted by atomic mass is 10.1. The highest BCUT2D eigenvalue weighted by molar-refractivity contribution is 5.98. The fourth-order valence-electron chi connectivity index (χ4n) is 4.38. The van der Waals surface area contributed by atoms with Crippen LogP contribution in [0.3, 0.4) is 0 Å². The van der Waals surface area contributed by atoms with Gasteiger partial charge in [-0.2, -0.15) is 0 Å². The number of nitrogens with zero attached hydrogens (tertiary/aromatic N) is 2. The van der Waals surface area contributed by atoms with Gasteiger partial charge in [-0.3, -0.25) is 14.5 Å². The lowest BCUT2D eigenvalue weighted by Crippen LogP contribution is -2.46. The molecule has 0 aromatic heterocycles. The van der Waals surface area contributed by atoms with Gasteiger partial charge in [-0.05, 0) is 42.3 Å². The average Bonchev–Trinajstić information content (AvgIpc) is 2.92. The molecular weight excluding hydrogens is 452 g/mol. The Balaban J connectivity index is 1.25. The van der Waals surface area contributed by atoms with Gasteiger partial charge in [0.2, 0.25) is 5.91 Å². The highest BCUT2D eigenvalue weighted by Gasteiger charge is 2.18. The first-order chi connectivity index (χ1) is 17.6. The number of carbonyl (C=O) groups excluding carboxylic acids is 2. The number of rotatable bonds is 10. The third kappa shape index (κ3) is 6.86. The van der Waals surface area contributed by atoms with E-state index in [0.29, 0.717) is 24.5 Å². The van der Waals surface area contributed by atoms with Crippen molar-refractivity contribution >= 4 is 17.5 Å². The summed E-state index contributed by atoms with van der Waals surface area (Å²) in [5, 5.41) is 5.63. The van der Waals surface area contributed by atoms with E-state index in [2.05, 4.69) is 50.8 Å². The predicted octanol–water partition coefficient (Wildman–Crippen LogP) is 3.45. The first-order valence-corrected chi connectivity index (χ1v) is 12.5.